The van der Waals surface area contributed by atoms with Crippen LogP contribution in [0.1, 0.15) is 16.7 Å². The molecule has 146 valence electrons. The standard InChI is InChI=1S/C19H21F3N2O2S/c1-15-5-4-6-16(13-15)14-23-9-11-24(12-10-23)27(25,26)18-8-3-2-7-17(18)19(20,21)22/h2-8,13H,9-12,14H2,1H3/p+1. The molecule has 2 aromatic carbocycles. The lowest BCUT2D eigenvalue weighted by molar-refractivity contribution is -0.917. The number of sulfonamides is 1. The second-order valence-electron chi connectivity index (χ2n) is 6.81. The number of hydrogen-bond acceptors (Lipinski definition) is 2. The van der Waals surface area contributed by atoms with Crippen LogP contribution in [0.3, 0.4) is 0 Å². The zero-order valence-corrected chi connectivity index (χ0v) is 15.8. The smallest absolute Gasteiger partial charge is 0.329 e. The molecule has 0 atom stereocenters. The van der Waals surface area contributed by atoms with Gasteiger partial charge in [-0.1, -0.05) is 42.0 Å². The maximum absolute atomic E-state index is 13.2. The van der Waals surface area contributed by atoms with Gasteiger partial charge in [-0.2, -0.15) is 17.5 Å². The van der Waals surface area contributed by atoms with Crippen LogP contribution in [-0.2, 0) is 22.7 Å². The molecule has 1 aliphatic rings. The molecular weight excluding hydrogens is 377 g/mol. The van der Waals surface area contributed by atoms with E-state index in [0.29, 0.717) is 13.1 Å². The van der Waals surface area contributed by atoms with Gasteiger partial charge >= 0.3 is 6.18 Å². The van der Waals surface area contributed by atoms with Crippen LogP contribution in [-0.4, -0.2) is 38.9 Å². The minimum Gasteiger partial charge on any atom is -0.329 e. The summed E-state index contributed by atoms with van der Waals surface area (Å²) in [6, 6.07) is 12.5. The monoisotopic (exact) mass is 399 g/mol. The number of rotatable bonds is 4. The molecule has 0 bridgehead atoms. The van der Waals surface area contributed by atoms with Gasteiger partial charge in [0.1, 0.15) is 6.54 Å². The quantitative estimate of drug-likeness (QED) is 0.856. The Morgan fingerprint density at radius 3 is 2.33 bits per heavy atom. The summed E-state index contributed by atoms with van der Waals surface area (Å²) in [5, 5.41) is 0. The molecule has 3 rings (SSSR count). The molecule has 0 unspecified atom stereocenters. The molecule has 0 saturated carbocycles. The Balaban J connectivity index is 1.72. The van der Waals surface area contributed by atoms with E-state index in [1.165, 1.54) is 22.6 Å². The summed E-state index contributed by atoms with van der Waals surface area (Å²) in [4.78, 5) is 0.552. The summed E-state index contributed by atoms with van der Waals surface area (Å²) in [5.41, 5.74) is 1.22. The summed E-state index contributed by atoms with van der Waals surface area (Å²) in [7, 11) is -4.18. The minimum absolute atomic E-state index is 0.204. The van der Waals surface area contributed by atoms with Crippen LogP contribution in [0.15, 0.2) is 53.4 Å². The van der Waals surface area contributed by atoms with Crippen LogP contribution in [0, 0.1) is 6.92 Å². The van der Waals surface area contributed by atoms with Gasteiger partial charge in [0.15, 0.2) is 0 Å². The van der Waals surface area contributed by atoms with Crippen molar-refractivity contribution in [1.82, 2.24) is 4.31 Å². The molecular formula is C19H22F3N2O2S+. The van der Waals surface area contributed by atoms with Gasteiger partial charge in [-0.15, -0.1) is 0 Å². The van der Waals surface area contributed by atoms with Crippen molar-refractivity contribution in [1.29, 1.82) is 0 Å². The number of nitrogens with one attached hydrogen (secondary N) is 1. The van der Waals surface area contributed by atoms with Gasteiger partial charge in [-0.25, -0.2) is 8.42 Å². The largest absolute Gasteiger partial charge is 0.417 e. The fourth-order valence-electron chi connectivity index (χ4n) is 3.40. The van der Waals surface area contributed by atoms with Gasteiger partial charge in [0.05, 0.1) is 36.6 Å². The topological polar surface area (TPSA) is 41.8 Å². The highest BCUT2D eigenvalue weighted by Gasteiger charge is 2.39. The van der Waals surface area contributed by atoms with Crippen molar-refractivity contribution in [3.05, 3.63) is 65.2 Å². The highest BCUT2D eigenvalue weighted by molar-refractivity contribution is 7.89. The lowest BCUT2D eigenvalue weighted by Gasteiger charge is -2.32. The Kier molecular flexibility index (Phi) is 5.60. The number of halogens is 3. The Morgan fingerprint density at radius 2 is 1.70 bits per heavy atom. The Labute approximate surface area is 157 Å². The minimum atomic E-state index is -4.71. The van der Waals surface area contributed by atoms with Crippen LogP contribution >= 0.6 is 0 Å². The van der Waals surface area contributed by atoms with E-state index in [0.717, 1.165) is 28.5 Å². The highest BCUT2D eigenvalue weighted by atomic mass is 32.2. The average molecular weight is 399 g/mol. The number of aryl methyl sites for hydroxylation is 1. The van der Waals surface area contributed by atoms with Gasteiger partial charge < -0.3 is 4.90 Å². The zero-order valence-electron chi connectivity index (χ0n) is 15.0. The number of nitrogens with zero attached hydrogens (tertiary/aromatic N) is 1. The Morgan fingerprint density at radius 1 is 1.04 bits per heavy atom. The fourth-order valence-corrected chi connectivity index (χ4v) is 5.05. The second kappa shape index (κ2) is 7.61. The highest BCUT2D eigenvalue weighted by Crippen LogP contribution is 2.35. The molecule has 0 aliphatic carbocycles. The van der Waals surface area contributed by atoms with Crippen LogP contribution in [0.4, 0.5) is 13.2 Å². The maximum atomic E-state index is 13.2. The van der Waals surface area contributed by atoms with Gasteiger partial charge in [0, 0.05) is 5.56 Å². The van der Waals surface area contributed by atoms with Gasteiger partial charge in [-0.3, -0.25) is 0 Å². The number of hydrogen-bond donors (Lipinski definition) is 1. The summed E-state index contributed by atoms with van der Waals surface area (Å²) in [5.74, 6) is 0. The van der Waals surface area contributed by atoms with E-state index in [1.807, 2.05) is 25.1 Å². The third kappa shape index (κ3) is 4.51. The van der Waals surface area contributed by atoms with E-state index in [1.54, 1.807) is 0 Å². The van der Waals surface area contributed by atoms with Crippen molar-refractivity contribution >= 4 is 10.0 Å². The van der Waals surface area contributed by atoms with Crippen molar-refractivity contribution in [2.75, 3.05) is 26.2 Å². The summed E-state index contributed by atoms with van der Waals surface area (Å²) in [6.45, 7) is 4.31. The Hall–Kier alpha value is -1.90. The van der Waals surface area contributed by atoms with Crippen molar-refractivity contribution in [2.45, 2.75) is 24.5 Å². The van der Waals surface area contributed by atoms with Gasteiger partial charge in [0.25, 0.3) is 0 Å². The molecule has 27 heavy (non-hydrogen) atoms. The first-order chi connectivity index (χ1) is 12.7. The summed E-state index contributed by atoms with van der Waals surface area (Å²) in [6.07, 6.45) is -4.71. The lowest BCUT2D eigenvalue weighted by atomic mass is 10.1. The van der Waals surface area contributed by atoms with Crippen LogP contribution in [0.2, 0.25) is 0 Å². The van der Waals surface area contributed by atoms with E-state index in [9.17, 15) is 21.6 Å². The molecule has 1 N–H and O–H groups in total. The van der Waals surface area contributed by atoms with E-state index < -0.39 is 26.7 Å². The third-order valence-electron chi connectivity index (χ3n) is 4.78. The molecule has 2 aromatic rings. The van der Waals surface area contributed by atoms with Crippen molar-refractivity contribution in [3.63, 3.8) is 0 Å². The Bertz CT molecular complexity index is 905. The van der Waals surface area contributed by atoms with E-state index in [2.05, 4.69) is 6.07 Å². The van der Waals surface area contributed by atoms with Gasteiger partial charge in [-0.05, 0) is 19.1 Å². The normalized spacial score (nSPS) is 17.2. The van der Waals surface area contributed by atoms with Crippen LogP contribution in [0.25, 0.3) is 0 Å². The van der Waals surface area contributed by atoms with Crippen molar-refractivity contribution in [2.24, 2.45) is 0 Å². The average Bonchev–Trinajstić information content (AvgIpc) is 2.61. The fraction of sp³-hybridized carbons (Fsp3) is 0.368. The number of benzene rings is 2. The SMILES string of the molecule is Cc1cccc(C[NH+]2CCN(S(=O)(=O)c3ccccc3C(F)(F)F)CC2)c1. The third-order valence-corrected chi connectivity index (χ3v) is 6.73. The van der Waals surface area contributed by atoms with Crippen molar-refractivity contribution < 1.29 is 26.5 Å². The molecule has 1 fully saturated rings. The molecule has 0 radical (unpaired) electrons. The number of piperazine rings is 1. The first-order valence-electron chi connectivity index (χ1n) is 8.73. The second-order valence-corrected chi connectivity index (χ2v) is 8.72. The molecule has 1 heterocycles. The van der Waals surface area contributed by atoms with E-state index in [-0.39, 0.29) is 13.1 Å². The van der Waals surface area contributed by atoms with Gasteiger partial charge in [0.2, 0.25) is 10.0 Å². The number of alkyl halides is 3. The van der Waals surface area contributed by atoms with Crippen LogP contribution in [0.5, 0.6) is 0 Å². The zero-order chi connectivity index (χ0) is 19.7. The summed E-state index contributed by atoms with van der Waals surface area (Å²) < 4.78 is 66.3. The van der Waals surface area contributed by atoms with E-state index in [4.69, 9.17) is 0 Å². The van der Waals surface area contributed by atoms with E-state index >= 15 is 0 Å². The molecule has 0 aromatic heterocycles. The molecule has 0 spiro atoms. The predicted octanol–water partition coefficient (Wildman–Crippen LogP) is 2.10. The lowest BCUT2D eigenvalue weighted by Crippen LogP contribution is -3.13. The summed E-state index contributed by atoms with van der Waals surface area (Å²) >= 11 is 0. The number of quaternary nitrogens is 1. The van der Waals surface area contributed by atoms with Crippen molar-refractivity contribution in [3.8, 4) is 0 Å². The predicted molar refractivity (Wildman–Crippen MR) is 95.8 cm³/mol. The molecule has 1 aliphatic heterocycles. The molecule has 4 nitrogen and oxygen atoms in total. The van der Waals surface area contributed by atoms with Crippen LogP contribution < -0.4 is 4.90 Å². The maximum Gasteiger partial charge on any atom is 0.417 e. The molecule has 8 heteroatoms. The molecule has 0 amide bonds. The molecule has 1 saturated heterocycles. The first-order valence-corrected chi connectivity index (χ1v) is 10.2. The first kappa shape index (κ1) is 19.9.